The number of anilines is 1. The number of ether oxygens (including phenoxy) is 1. The van der Waals surface area contributed by atoms with Crippen molar-refractivity contribution in [3.8, 4) is 0 Å². The third-order valence-corrected chi connectivity index (χ3v) is 2.88. The predicted molar refractivity (Wildman–Crippen MR) is 77.7 cm³/mol. The molecule has 0 fully saturated rings. The van der Waals surface area contributed by atoms with E-state index in [0.29, 0.717) is 5.82 Å². The first kappa shape index (κ1) is 15.7. The van der Waals surface area contributed by atoms with E-state index in [9.17, 15) is 4.79 Å². The summed E-state index contributed by atoms with van der Waals surface area (Å²) < 4.78 is 6.69. The number of hydrogen-bond donors (Lipinski definition) is 1. The summed E-state index contributed by atoms with van der Waals surface area (Å²) in [6.07, 6.45) is 6.54. The second-order valence-electron chi connectivity index (χ2n) is 5.60. The minimum atomic E-state index is -0.227. The Morgan fingerprint density at radius 3 is 2.68 bits per heavy atom. The van der Waals surface area contributed by atoms with E-state index >= 15 is 0 Å². The average molecular weight is 267 g/mol. The lowest BCUT2D eigenvalue weighted by molar-refractivity contribution is 0.192. The molecule has 0 aliphatic carbocycles. The van der Waals surface area contributed by atoms with Crippen LogP contribution in [0.15, 0.2) is 17.2 Å². The molecule has 0 aliphatic heterocycles. The highest BCUT2D eigenvalue weighted by atomic mass is 16.5. The fraction of sp³-hybridized carbons (Fsp3) is 0.714. The Balaban J connectivity index is 2.53. The Kier molecular flexibility index (Phi) is 6.02. The highest BCUT2D eigenvalue weighted by molar-refractivity contribution is 5.30. The lowest BCUT2D eigenvalue weighted by Gasteiger charge is -2.22. The maximum absolute atomic E-state index is 12.2. The van der Waals surface area contributed by atoms with Crippen LogP contribution in [0.5, 0.6) is 0 Å². The van der Waals surface area contributed by atoms with E-state index in [1.54, 1.807) is 24.1 Å². The van der Waals surface area contributed by atoms with Crippen molar-refractivity contribution in [2.24, 2.45) is 0 Å². The summed E-state index contributed by atoms with van der Waals surface area (Å²) in [5.74, 6) is 0.434. The maximum Gasteiger partial charge on any atom is 0.293 e. The number of rotatable bonds is 7. The fourth-order valence-electron chi connectivity index (χ4n) is 1.82. The minimum absolute atomic E-state index is 0.0631. The first-order valence-electron chi connectivity index (χ1n) is 6.78. The lowest BCUT2D eigenvalue weighted by atomic mass is 10.1. The summed E-state index contributed by atoms with van der Waals surface area (Å²) in [5, 5.41) is 3.12. The van der Waals surface area contributed by atoms with Gasteiger partial charge in [-0.1, -0.05) is 0 Å². The minimum Gasteiger partial charge on any atom is -0.385 e. The molecule has 19 heavy (non-hydrogen) atoms. The van der Waals surface area contributed by atoms with Gasteiger partial charge in [0.25, 0.3) is 5.56 Å². The molecule has 1 rings (SSSR count). The molecule has 0 spiro atoms. The lowest BCUT2D eigenvalue weighted by Crippen LogP contribution is -2.35. The van der Waals surface area contributed by atoms with Gasteiger partial charge in [0, 0.05) is 38.2 Å². The van der Waals surface area contributed by atoms with Gasteiger partial charge in [-0.2, -0.15) is 0 Å². The molecular formula is C14H25N3O2. The van der Waals surface area contributed by atoms with Gasteiger partial charge in [-0.25, -0.2) is 4.98 Å². The summed E-state index contributed by atoms with van der Waals surface area (Å²) in [4.78, 5) is 16.3. The van der Waals surface area contributed by atoms with Crippen molar-refractivity contribution < 1.29 is 4.74 Å². The van der Waals surface area contributed by atoms with Crippen molar-refractivity contribution in [1.82, 2.24) is 9.55 Å². The standard InChI is InChI=1S/C14H25N3O2/c1-14(2,3)17-10-9-16-12(13(17)18)15-8-6-5-7-11-19-4/h9-10H,5-8,11H2,1-4H3,(H,15,16). The Morgan fingerprint density at radius 1 is 1.32 bits per heavy atom. The summed E-state index contributed by atoms with van der Waals surface area (Å²) in [6, 6.07) is 0. The highest BCUT2D eigenvalue weighted by Gasteiger charge is 2.16. The van der Waals surface area contributed by atoms with Gasteiger partial charge in [-0.3, -0.25) is 4.79 Å². The monoisotopic (exact) mass is 267 g/mol. The zero-order valence-corrected chi connectivity index (χ0v) is 12.4. The van der Waals surface area contributed by atoms with Crippen LogP contribution in [0.2, 0.25) is 0 Å². The second-order valence-corrected chi connectivity index (χ2v) is 5.60. The molecule has 0 bridgehead atoms. The summed E-state index contributed by atoms with van der Waals surface area (Å²) in [6.45, 7) is 7.56. The van der Waals surface area contributed by atoms with E-state index in [0.717, 1.165) is 32.4 Å². The van der Waals surface area contributed by atoms with Crippen molar-refractivity contribution in [2.45, 2.75) is 45.6 Å². The average Bonchev–Trinajstić information content (AvgIpc) is 2.34. The predicted octanol–water partition coefficient (Wildman–Crippen LogP) is 2.23. The zero-order chi connectivity index (χ0) is 14.3. The van der Waals surface area contributed by atoms with Gasteiger partial charge in [0.15, 0.2) is 5.82 Å². The molecule has 5 heteroatoms. The zero-order valence-electron chi connectivity index (χ0n) is 12.4. The van der Waals surface area contributed by atoms with Crippen LogP contribution in [0.1, 0.15) is 40.0 Å². The molecule has 0 saturated heterocycles. The molecule has 1 heterocycles. The number of hydrogen-bond acceptors (Lipinski definition) is 4. The molecule has 0 saturated carbocycles. The Morgan fingerprint density at radius 2 is 2.05 bits per heavy atom. The molecule has 1 N–H and O–H groups in total. The first-order chi connectivity index (χ1) is 8.96. The van der Waals surface area contributed by atoms with Crippen LogP contribution in [-0.2, 0) is 10.3 Å². The van der Waals surface area contributed by atoms with Crippen LogP contribution in [0.3, 0.4) is 0 Å². The van der Waals surface area contributed by atoms with Crippen LogP contribution >= 0.6 is 0 Å². The molecule has 0 amide bonds. The molecule has 1 aromatic heterocycles. The van der Waals surface area contributed by atoms with Crippen LogP contribution < -0.4 is 10.9 Å². The number of unbranched alkanes of at least 4 members (excludes halogenated alkanes) is 2. The van der Waals surface area contributed by atoms with Gasteiger partial charge in [0.2, 0.25) is 0 Å². The van der Waals surface area contributed by atoms with E-state index in [1.165, 1.54) is 0 Å². The number of methoxy groups -OCH3 is 1. The van der Waals surface area contributed by atoms with Crippen LogP contribution in [0, 0.1) is 0 Å². The number of nitrogens with zero attached hydrogens (tertiary/aromatic N) is 2. The molecule has 108 valence electrons. The van der Waals surface area contributed by atoms with E-state index in [2.05, 4.69) is 10.3 Å². The molecule has 0 atom stereocenters. The van der Waals surface area contributed by atoms with E-state index in [-0.39, 0.29) is 11.1 Å². The molecule has 1 aromatic rings. The summed E-state index contributed by atoms with van der Waals surface area (Å²) in [5.41, 5.74) is -0.290. The van der Waals surface area contributed by atoms with Crippen LogP contribution in [0.4, 0.5) is 5.82 Å². The highest BCUT2D eigenvalue weighted by Crippen LogP contribution is 2.10. The topological polar surface area (TPSA) is 56.1 Å². The summed E-state index contributed by atoms with van der Waals surface area (Å²) >= 11 is 0. The molecule has 0 unspecified atom stereocenters. The third kappa shape index (κ3) is 5.03. The Bertz CT molecular complexity index is 435. The summed E-state index contributed by atoms with van der Waals surface area (Å²) in [7, 11) is 1.71. The van der Waals surface area contributed by atoms with Gasteiger partial charge in [-0.15, -0.1) is 0 Å². The molecule has 0 aliphatic rings. The quantitative estimate of drug-likeness (QED) is 0.770. The fourth-order valence-corrected chi connectivity index (χ4v) is 1.82. The van der Waals surface area contributed by atoms with Crippen LogP contribution in [-0.4, -0.2) is 29.8 Å². The Hall–Kier alpha value is -1.36. The van der Waals surface area contributed by atoms with Crippen molar-refractivity contribution in [1.29, 1.82) is 0 Å². The normalized spacial score (nSPS) is 11.6. The maximum atomic E-state index is 12.2. The van der Waals surface area contributed by atoms with Gasteiger partial charge in [-0.05, 0) is 40.0 Å². The van der Waals surface area contributed by atoms with Gasteiger partial charge in [0.1, 0.15) is 0 Å². The van der Waals surface area contributed by atoms with Crippen molar-refractivity contribution in [3.05, 3.63) is 22.7 Å². The third-order valence-electron chi connectivity index (χ3n) is 2.88. The van der Waals surface area contributed by atoms with Gasteiger partial charge >= 0.3 is 0 Å². The largest absolute Gasteiger partial charge is 0.385 e. The molecular weight excluding hydrogens is 242 g/mol. The molecule has 0 radical (unpaired) electrons. The smallest absolute Gasteiger partial charge is 0.293 e. The number of aromatic nitrogens is 2. The molecule has 0 aromatic carbocycles. The van der Waals surface area contributed by atoms with Gasteiger partial charge < -0.3 is 14.6 Å². The van der Waals surface area contributed by atoms with E-state index < -0.39 is 0 Å². The van der Waals surface area contributed by atoms with E-state index in [1.807, 2.05) is 20.8 Å². The van der Waals surface area contributed by atoms with Crippen LogP contribution in [0.25, 0.3) is 0 Å². The molecule has 5 nitrogen and oxygen atoms in total. The number of nitrogens with one attached hydrogen (secondary N) is 1. The van der Waals surface area contributed by atoms with Crippen molar-refractivity contribution >= 4 is 5.82 Å². The van der Waals surface area contributed by atoms with Gasteiger partial charge in [0.05, 0.1) is 0 Å². The SMILES string of the molecule is COCCCCCNc1nccn(C(C)(C)C)c1=O. The van der Waals surface area contributed by atoms with E-state index in [4.69, 9.17) is 4.74 Å². The first-order valence-corrected chi connectivity index (χ1v) is 6.78. The van der Waals surface area contributed by atoms with Crippen molar-refractivity contribution in [2.75, 3.05) is 25.6 Å². The van der Waals surface area contributed by atoms with Crippen molar-refractivity contribution in [3.63, 3.8) is 0 Å². The Labute approximate surface area is 115 Å². The second kappa shape index (κ2) is 7.28.